The van der Waals surface area contributed by atoms with Gasteiger partial charge in [-0.15, -0.1) is 0 Å². The first-order chi connectivity index (χ1) is 12.3. The van der Waals surface area contributed by atoms with Crippen LogP contribution in [-0.4, -0.2) is 0 Å². The van der Waals surface area contributed by atoms with E-state index in [4.69, 9.17) is 4.74 Å². The molecule has 1 nitrogen and oxygen atoms in total. The van der Waals surface area contributed by atoms with Crippen LogP contribution in [0.5, 0.6) is 0 Å². The second-order valence-corrected chi connectivity index (χ2v) is 6.69. The number of benzene rings is 3. The third-order valence-electron chi connectivity index (χ3n) is 5.05. The second-order valence-electron chi connectivity index (χ2n) is 6.69. The molecule has 0 saturated heterocycles. The van der Waals surface area contributed by atoms with Gasteiger partial charge < -0.3 is 4.74 Å². The Bertz CT molecular complexity index is 821. The SMILES string of the molecule is Cc1ccc(C2=COC(c3ccccc3)(c3ccccc3)CC2)cc1. The fourth-order valence-electron chi connectivity index (χ4n) is 3.59. The van der Waals surface area contributed by atoms with Crippen molar-refractivity contribution in [1.82, 2.24) is 0 Å². The number of aryl methyl sites for hydroxylation is 1. The molecule has 1 heterocycles. The van der Waals surface area contributed by atoms with E-state index in [1.54, 1.807) is 0 Å². The Hall–Kier alpha value is -2.80. The first-order valence-electron chi connectivity index (χ1n) is 8.83. The summed E-state index contributed by atoms with van der Waals surface area (Å²) in [6, 6.07) is 29.8. The molecule has 4 rings (SSSR count). The smallest absolute Gasteiger partial charge is 0.158 e. The quantitative estimate of drug-likeness (QED) is 0.566. The third-order valence-corrected chi connectivity index (χ3v) is 5.05. The zero-order chi connectivity index (χ0) is 17.1. The zero-order valence-electron chi connectivity index (χ0n) is 14.5. The lowest BCUT2D eigenvalue weighted by molar-refractivity contribution is 0.0420. The predicted octanol–water partition coefficient (Wildman–Crippen LogP) is 6.09. The fourth-order valence-corrected chi connectivity index (χ4v) is 3.59. The lowest BCUT2D eigenvalue weighted by Crippen LogP contribution is -2.32. The van der Waals surface area contributed by atoms with Crippen molar-refractivity contribution in [2.75, 3.05) is 0 Å². The molecule has 25 heavy (non-hydrogen) atoms. The lowest BCUT2D eigenvalue weighted by atomic mass is 9.79. The van der Waals surface area contributed by atoms with Gasteiger partial charge in [0.2, 0.25) is 0 Å². The van der Waals surface area contributed by atoms with Crippen molar-refractivity contribution in [2.45, 2.75) is 25.4 Å². The second kappa shape index (κ2) is 6.60. The van der Waals surface area contributed by atoms with Crippen LogP contribution in [0.15, 0.2) is 91.2 Å². The van der Waals surface area contributed by atoms with Gasteiger partial charge >= 0.3 is 0 Å². The first-order valence-corrected chi connectivity index (χ1v) is 8.83. The number of ether oxygens (including phenoxy) is 1. The molecule has 1 aliphatic rings. The van der Waals surface area contributed by atoms with Crippen LogP contribution in [-0.2, 0) is 10.3 Å². The van der Waals surface area contributed by atoms with Crippen LogP contribution in [0.4, 0.5) is 0 Å². The number of hydrogen-bond acceptors (Lipinski definition) is 1. The number of allylic oxidation sites excluding steroid dienone is 1. The molecule has 0 saturated carbocycles. The topological polar surface area (TPSA) is 9.23 Å². The van der Waals surface area contributed by atoms with Gasteiger partial charge in [-0.05, 0) is 42.0 Å². The van der Waals surface area contributed by atoms with Gasteiger partial charge in [-0.25, -0.2) is 0 Å². The van der Waals surface area contributed by atoms with Crippen molar-refractivity contribution in [3.63, 3.8) is 0 Å². The summed E-state index contributed by atoms with van der Waals surface area (Å²) in [5, 5.41) is 0. The van der Waals surface area contributed by atoms with Gasteiger partial charge in [-0.1, -0.05) is 90.5 Å². The minimum Gasteiger partial charge on any atom is -0.485 e. The van der Waals surface area contributed by atoms with Crippen LogP contribution in [0.25, 0.3) is 5.57 Å². The van der Waals surface area contributed by atoms with Crippen molar-refractivity contribution in [2.24, 2.45) is 0 Å². The molecule has 0 atom stereocenters. The molecule has 0 N–H and O–H groups in total. The van der Waals surface area contributed by atoms with Crippen LogP contribution < -0.4 is 0 Å². The van der Waals surface area contributed by atoms with Gasteiger partial charge in [0, 0.05) is 0 Å². The van der Waals surface area contributed by atoms with Crippen molar-refractivity contribution in [3.8, 4) is 0 Å². The van der Waals surface area contributed by atoms with Crippen LogP contribution in [0.1, 0.15) is 35.1 Å². The van der Waals surface area contributed by atoms with E-state index in [2.05, 4.69) is 91.9 Å². The maximum Gasteiger partial charge on any atom is 0.158 e. The molecule has 3 aromatic rings. The van der Waals surface area contributed by atoms with E-state index in [0.29, 0.717) is 0 Å². The van der Waals surface area contributed by atoms with E-state index in [1.807, 2.05) is 6.26 Å². The Morgan fingerprint density at radius 3 is 1.76 bits per heavy atom. The summed E-state index contributed by atoms with van der Waals surface area (Å²) in [5.74, 6) is 0. The molecule has 1 aliphatic heterocycles. The van der Waals surface area contributed by atoms with Crippen LogP contribution in [0.3, 0.4) is 0 Å². The average molecular weight is 326 g/mol. The summed E-state index contributed by atoms with van der Waals surface area (Å²) in [7, 11) is 0. The molecule has 0 aliphatic carbocycles. The van der Waals surface area contributed by atoms with Gasteiger partial charge in [-0.3, -0.25) is 0 Å². The Kier molecular flexibility index (Phi) is 4.15. The van der Waals surface area contributed by atoms with E-state index < -0.39 is 5.60 Å². The standard InChI is InChI=1S/C24H22O/c1-19-12-14-20(15-13-19)21-16-17-24(25-18-21,22-8-4-2-5-9-22)23-10-6-3-7-11-23/h2-15,18H,16-17H2,1H3. The van der Waals surface area contributed by atoms with Gasteiger partial charge in [0.15, 0.2) is 5.60 Å². The molecule has 124 valence electrons. The van der Waals surface area contributed by atoms with Crippen molar-refractivity contribution >= 4 is 5.57 Å². The molecule has 0 unspecified atom stereocenters. The van der Waals surface area contributed by atoms with Crippen LogP contribution >= 0.6 is 0 Å². The van der Waals surface area contributed by atoms with Crippen molar-refractivity contribution in [1.29, 1.82) is 0 Å². The summed E-state index contributed by atoms with van der Waals surface area (Å²) in [4.78, 5) is 0. The Balaban J connectivity index is 1.74. The largest absolute Gasteiger partial charge is 0.485 e. The Morgan fingerprint density at radius 1 is 0.720 bits per heavy atom. The van der Waals surface area contributed by atoms with E-state index in [9.17, 15) is 0 Å². The maximum absolute atomic E-state index is 6.47. The highest BCUT2D eigenvalue weighted by Gasteiger charge is 2.38. The summed E-state index contributed by atoms with van der Waals surface area (Å²) in [6.07, 6.45) is 3.89. The molecule has 0 fully saturated rings. The Labute approximate surface area is 149 Å². The normalized spacial score (nSPS) is 16.0. The first kappa shape index (κ1) is 15.7. The Morgan fingerprint density at radius 2 is 1.28 bits per heavy atom. The monoisotopic (exact) mass is 326 g/mol. The lowest BCUT2D eigenvalue weighted by Gasteiger charge is -2.38. The minimum absolute atomic E-state index is 0.406. The van der Waals surface area contributed by atoms with Crippen molar-refractivity contribution in [3.05, 3.63) is 113 Å². The van der Waals surface area contributed by atoms with E-state index in [0.717, 1.165) is 12.8 Å². The number of hydrogen-bond donors (Lipinski definition) is 0. The fraction of sp³-hybridized carbons (Fsp3) is 0.167. The van der Waals surface area contributed by atoms with Gasteiger partial charge in [0.1, 0.15) is 0 Å². The van der Waals surface area contributed by atoms with E-state index in [1.165, 1.54) is 27.8 Å². The molecular weight excluding hydrogens is 304 g/mol. The van der Waals surface area contributed by atoms with E-state index in [-0.39, 0.29) is 0 Å². The predicted molar refractivity (Wildman–Crippen MR) is 103 cm³/mol. The highest BCUT2D eigenvalue weighted by atomic mass is 16.5. The van der Waals surface area contributed by atoms with Crippen LogP contribution in [0, 0.1) is 6.92 Å². The molecular formula is C24H22O. The molecule has 1 heteroatoms. The molecule has 3 aromatic carbocycles. The van der Waals surface area contributed by atoms with E-state index >= 15 is 0 Å². The van der Waals surface area contributed by atoms with Gasteiger partial charge in [0.05, 0.1) is 6.26 Å². The van der Waals surface area contributed by atoms with Gasteiger partial charge in [-0.2, -0.15) is 0 Å². The highest BCUT2D eigenvalue weighted by molar-refractivity contribution is 5.66. The summed E-state index contributed by atoms with van der Waals surface area (Å²) in [5.41, 5.74) is 5.81. The average Bonchev–Trinajstić information content (AvgIpc) is 2.70. The molecule has 0 spiro atoms. The van der Waals surface area contributed by atoms with Crippen LogP contribution in [0.2, 0.25) is 0 Å². The maximum atomic E-state index is 6.47. The zero-order valence-corrected chi connectivity index (χ0v) is 14.5. The van der Waals surface area contributed by atoms with Crippen molar-refractivity contribution < 1.29 is 4.74 Å². The highest BCUT2D eigenvalue weighted by Crippen LogP contribution is 2.43. The molecule has 0 aromatic heterocycles. The molecule has 0 amide bonds. The number of rotatable bonds is 3. The van der Waals surface area contributed by atoms with Gasteiger partial charge in [0.25, 0.3) is 0 Å². The third kappa shape index (κ3) is 2.98. The summed E-state index contributed by atoms with van der Waals surface area (Å²) >= 11 is 0. The summed E-state index contributed by atoms with van der Waals surface area (Å²) < 4.78 is 6.47. The molecule has 0 radical (unpaired) electrons. The molecule has 0 bridgehead atoms. The summed E-state index contributed by atoms with van der Waals surface area (Å²) in [6.45, 7) is 2.12. The minimum atomic E-state index is -0.406.